The van der Waals surface area contributed by atoms with E-state index in [2.05, 4.69) is 33.0 Å². The van der Waals surface area contributed by atoms with Crippen LogP contribution >= 0.6 is 0 Å². The van der Waals surface area contributed by atoms with E-state index in [-0.39, 0.29) is 12.5 Å². The van der Waals surface area contributed by atoms with Crippen LogP contribution in [0.1, 0.15) is 42.5 Å². The maximum absolute atomic E-state index is 12.1. The lowest BCUT2D eigenvalue weighted by Crippen LogP contribution is -2.37. The van der Waals surface area contributed by atoms with Crippen LogP contribution < -0.4 is 0 Å². The molecule has 0 radical (unpaired) electrons. The Hall–Kier alpha value is -2.12. The Balaban J connectivity index is 1.29. The highest BCUT2D eigenvalue weighted by atomic mass is 16.5. The first kappa shape index (κ1) is 18.3. The van der Waals surface area contributed by atoms with E-state index in [1.54, 1.807) is 0 Å². The Morgan fingerprint density at radius 3 is 3.00 bits per heavy atom. The molecule has 1 unspecified atom stereocenters. The van der Waals surface area contributed by atoms with Gasteiger partial charge in [-0.1, -0.05) is 5.16 Å². The molecule has 1 amide bonds. The highest BCUT2D eigenvalue weighted by Gasteiger charge is 2.25. The van der Waals surface area contributed by atoms with Crippen LogP contribution in [-0.2, 0) is 22.6 Å². The van der Waals surface area contributed by atoms with Crippen LogP contribution in [0.25, 0.3) is 0 Å². The fraction of sp³-hybridized carbons (Fsp3) is 0.600. The molecule has 2 aliphatic rings. The topological polar surface area (TPSA) is 63.7 Å². The lowest BCUT2D eigenvalue weighted by Gasteiger charge is -2.34. The number of hydrogen-bond acceptors (Lipinski definition) is 5. The van der Waals surface area contributed by atoms with Crippen LogP contribution in [0.4, 0.5) is 0 Å². The minimum atomic E-state index is 0.126. The number of rotatable bonds is 7. The normalized spacial score (nSPS) is 20.2. The monoisotopic (exact) mass is 372 g/mol. The molecule has 27 heavy (non-hydrogen) atoms. The number of carbonyl (C=O) groups is 1. The Bertz CT molecular complexity index is 763. The van der Waals surface area contributed by atoms with E-state index >= 15 is 0 Å². The minimum Gasteiger partial charge on any atom is -0.372 e. The summed E-state index contributed by atoms with van der Waals surface area (Å²) in [7, 11) is 0. The van der Waals surface area contributed by atoms with E-state index in [4.69, 9.17) is 9.26 Å². The number of ether oxygens (including phenoxy) is 1. The molecule has 7 heteroatoms. The molecule has 0 bridgehead atoms. The summed E-state index contributed by atoms with van der Waals surface area (Å²) in [6.45, 7) is 7.11. The summed E-state index contributed by atoms with van der Waals surface area (Å²) >= 11 is 0. The lowest BCUT2D eigenvalue weighted by atomic mass is 10.1. The summed E-state index contributed by atoms with van der Waals surface area (Å²) in [5, 5.41) is 4.12. The second-order valence-corrected chi connectivity index (χ2v) is 7.59. The van der Waals surface area contributed by atoms with Crippen LogP contribution in [0.5, 0.6) is 0 Å². The summed E-state index contributed by atoms with van der Waals surface area (Å²) in [5.41, 5.74) is 2.28. The quantitative estimate of drug-likeness (QED) is 0.698. The van der Waals surface area contributed by atoms with Crippen LogP contribution in [0.2, 0.25) is 0 Å². The summed E-state index contributed by atoms with van der Waals surface area (Å²) in [4.78, 5) is 16.4. The van der Waals surface area contributed by atoms with Crippen LogP contribution in [-0.4, -0.2) is 58.3 Å². The molecule has 2 aliphatic heterocycles. The minimum absolute atomic E-state index is 0.126. The Labute approximate surface area is 159 Å². The number of hydrogen-bond donors (Lipinski definition) is 0. The molecule has 7 nitrogen and oxygen atoms in total. The largest absolute Gasteiger partial charge is 0.372 e. The molecule has 2 aromatic rings. The summed E-state index contributed by atoms with van der Waals surface area (Å²) < 4.78 is 13.2. The number of amides is 1. The SMILES string of the molecule is Cc1cc(CN2Cc3cccn3C(CCOCC(=O)N3CCCC3)C2)no1. The third-order valence-corrected chi connectivity index (χ3v) is 5.46. The van der Waals surface area contributed by atoms with Gasteiger partial charge in [-0.25, -0.2) is 0 Å². The Kier molecular flexibility index (Phi) is 5.59. The first-order valence-corrected chi connectivity index (χ1v) is 9.85. The molecule has 4 heterocycles. The van der Waals surface area contributed by atoms with Gasteiger partial charge in [0.25, 0.3) is 0 Å². The van der Waals surface area contributed by atoms with Gasteiger partial charge in [-0.3, -0.25) is 9.69 Å². The molecule has 1 fully saturated rings. The van der Waals surface area contributed by atoms with Crippen LogP contribution in [0, 0.1) is 6.92 Å². The lowest BCUT2D eigenvalue weighted by molar-refractivity contribution is -0.135. The number of aryl methyl sites for hydroxylation is 1. The fourth-order valence-electron chi connectivity index (χ4n) is 4.11. The zero-order chi connectivity index (χ0) is 18.6. The van der Waals surface area contributed by atoms with Crippen molar-refractivity contribution in [1.29, 1.82) is 0 Å². The van der Waals surface area contributed by atoms with Crippen molar-refractivity contribution >= 4 is 5.91 Å². The van der Waals surface area contributed by atoms with Crippen molar-refractivity contribution in [2.24, 2.45) is 0 Å². The fourth-order valence-corrected chi connectivity index (χ4v) is 4.11. The first-order chi connectivity index (χ1) is 13.2. The second-order valence-electron chi connectivity index (χ2n) is 7.59. The molecular weight excluding hydrogens is 344 g/mol. The van der Waals surface area contributed by atoms with Crippen LogP contribution in [0.15, 0.2) is 28.9 Å². The van der Waals surface area contributed by atoms with E-state index < -0.39 is 0 Å². The molecule has 0 spiro atoms. The van der Waals surface area contributed by atoms with Gasteiger partial charge in [-0.15, -0.1) is 0 Å². The first-order valence-electron chi connectivity index (χ1n) is 9.85. The molecule has 0 N–H and O–H groups in total. The van der Waals surface area contributed by atoms with Gasteiger partial charge >= 0.3 is 0 Å². The van der Waals surface area contributed by atoms with Gasteiger partial charge in [0, 0.05) is 63.3 Å². The van der Waals surface area contributed by atoms with Crippen molar-refractivity contribution in [3.05, 3.63) is 41.5 Å². The molecular formula is C20H28N4O3. The van der Waals surface area contributed by atoms with Crippen molar-refractivity contribution in [3.8, 4) is 0 Å². The average Bonchev–Trinajstić information content (AvgIpc) is 3.40. The Morgan fingerprint density at radius 1 is 1.37 bits per heavy atom. The number of carbonyl (C=O) groups excluding carboxylic acids is 1. The van der Waals surface area contributed by atoms with E-state index in [1.165, 1.54) is 5.69 Å². The van der Waals surface area contributed by atoms with E-state index in [1.807, 2.05) is 17.9 Å². The molecule has 0 saturated carbocycles. The van der Waals surface area contributed by atoms with Gasteiger partial charge in [0.2, 0.25) is 5.91 Å². The summed E-state index contributed by atoms with van der Waals surface area (Å²) in [6.07, 6.45) is 5.27. The van der Waals surface area contributed by atoms with Gasteiger partial charge in [0.1, 0.15) is 12.4 Å². The van der Waals surface area contributed by atoms with Crippen molar-refractivity contribution in [2.75, 3.05) is 32.8 Å². The van der Waals surface area contributed by atoms with Gasteiger partial charge in [0.05, 0.1) is 5.69 Å². The standard InChI is InChI=1S/C20H28N4O3/c1-16-11-17(21-27-16)12-22-13-18-5-4-9-24(18)19(14-22)6-10-26-15-20(25)23-7-2-3-8-23/h4-5,9,11,19H,2-3,6-8,10,12-15H2,1H3. The van der Waals surface area contributed by atoms with Gasteiger partial charge in [-0.2, -0.15) is 0 Å². The predicted octanol–water partition coefficient (Wildman–Crippen LogP) is 2.37. The average molecular weight is 372 g/mol. The van der Waals surface area contributed by atoms with Crippen molar-refractivity contribution < 1.29 is 14.1 Å². The van der Waals surface area contributed by atoms with Crippen LogP contribution in [0.3, 0.4) is 0 Å². The smallest absolute Gasteiger partial charge is 0.248 e. The third kappa shape index (κ3) is 4.42. The zero-order valence-corrected chi connectivity index (χ0v) is 16.0. The van der Waals surface area contributed by atoms with Gasteiger partial charge in [-0.05, 0) is 38.3 Å². The molecule has 0 aliphatic carbocycles. The van der Waals surface area contributed by atoms with Gasteiger partial charge < -0.3 is 18.7 Å². The second kappa shape index (κ2) is 8.27. The van der Waals surface area contributed by atoms with E-state index in [9.17, 15) is 4.79 Å². The van der Waals surface area contributed by atoms with Crippen molar-refractivity contribution in [2.45, 2.75) is 45.3 Å². The number of likely N-dealkylation sites (tertiary alicyclic amines) is 1. The van der Waals surface area contributed by atoms with Crippen molar-refractivity contribution in [1.82, 2.24) is 19.5 Å². The van der Waals surface area contributed by atoms with Crippen molar-refractivity contribution in [3.63, 3.8) is 0 Å². The summed E-state index contributed by atoms with van der Waals surface area (Å²) in [5.74, 6) is 0.971. The maximum atomic E-state index is 12.1. The van der Waals surface area contributed by atoms with E-state index in [0.717, 1.165) is 63.4 Å². The molecule has 1 atom stereocenters. The molecule has 4 rings (SSSR count). The molecule has 1 saturated heterocycles. The highest BCUT2D eigenvalue weighted by molar-refractivity contribution is 5.77. The van der Waals surface area contributed by atoms with Gasteiger partial charge in [0.15, 0.2) is 0 Å². The Morgan fingerprint density at radius 2 is 2.22 bits per heavy atom. The number of fused-ring (bicyclic) bond motifs is 1. The summed E-state index contributed by atoms with van der Waals surface area (Å²) in [6, 6.07) is 6.61. The molecule has 0 aromatic carbocycles. The zero-order valence-electron chi connectivity index (χ0n) is 16.0. The maximum Gasteiger partial charge on any atom is 0.248 e. The predicted molar refractivity (Wildman–Crippen MR) is 100 cm³/mol. The molecule has 2 aromatic heterocycles. The third-order valence-electron chi connectivity index (χ3n) is 5.46. The number of aromatic nitrogens is 2. The van der Waals surface area contributed by atoms with E-state index in [0.29, 0.717) is 12.6 Å². The highest BCUT2D eigenvalue weighted by Crippen LogP contribution is 2.25. The number of nitrogens with zero attached hydrogens (tertiary/aromatic N) is 4. The molecule has 146 valence electrons.